The number of para-hydroxylation sites is 1. The number of carbonyl (C=O) groups is 1. The third-order valence-corrected chi connectivity index (χ3v) is 5.91. The van der Waals surface area contributed by atoms with Gasteiger partial charge in [-0.1, -0.05) is 24.8 Å². The second-order valence-corrected chi connectivity index (χ2v) is 8.29. The lowest BCUT2D eigenvalue weighted by atomic mass is 9.98. The number of ether oxygens (including phenoxy) is 1. The van der Waals surface area contributed by atoms with E-state index in [1.54, 1.807) is 30.7 Å². The number of hydrogen-bond donors (Lipinski definition) is 4. The van der Waals surface area contributed by atoms with Crippen molar-refractivity contribution in [2.24, 2.45) is 0 Å². The smallest absolute Gasteiger partial charge is 0.247 e. The van der Waals surface area contributed by atoms with Crippen LogP contribution in [0, 0.1) is 0 Å². The number of aliphatic hydroxyl groups excluding tert-OH is 1. The predicted octanol–water partition coefficient (Wildman–Crippen LogP) is 2.76. The number of fused-ring (bicyclic) bond motifs is 1. The molecule has 1 aliphatic rings. The highest BCUT2D eigenvalue weighted by Gasteiger charge is 2.36. The van der Waals surface area contributed by atoms with E-state index >= 15 is 0 Å². The molecule has 1 aromatic carbocycles. The molecule has 1 amide bonds. The zero-order valence-corrected chi connectivity index (χ0v) is 19.4. The van der Waals surface area contributed by atoms with Gasteiger partial charge in [-0.2, -0.15) is 0 Å². The third-order valence-electron chi connectivity index (χ3n) is 5.91. The average molecular weight is 484 g/mol. The number of aromatic nitrogens is 4. The van der Waals surface area contributed by atoms with Crippen molar-refractivity contribution in [3.63, 3.8) is 0 Å². The zero-order valence-electron chi connectivity index (χ0n) is 19.4. The van der Waals surface area contributed by atoms with Crippen molar-refractivity contribution >= 4 is 34.1 Å². The first-order chi connectivity index (χ1) is 17.6. The summed E-state index contributed by atoms with van der Waals surface area (Å²) in [5.41, 5.74) is 3.27. The van der Waals surface area contributed by atoms with Crippen LogP contribution < -0.4 is 16.0 Å². The number of benzene rings is 1. The molecular formula is C26H25N7O3. The summed E-state index contributed by atoms with van der Waals surface area (Å²) in [6.45, 7) is 5.06. The highest BCUT2D eigenvalue weighted by Crippen LogP contribution is 2.29. The second kappa shape index (κ2) is 10.2. The van der Waals surface area contributed by atoms with Crippen molar-refractivity contribution in [1.82, 2.24) is 25.3 Å². The summed E-state index contributed by atoms with van der Waals surface area (Å²) < 4.78 is 5.84. The molecule has 4 aromatic rings. The highest BCUT2D eigenvalue weighted by molar-refractivity contribution is 5.99. The first-order valence-corrected chi connectivity index (χ1v) is 11.4. The molecule has 0 bridgehead atoms. The summed E-state index contributed by atoms with van der Waals surface area (Å²) in [6.07, 6.45) is 6.25. The molecule has 1 aliphatic heterocycles. The fraction of sp³-hybridized carbons (Fsp3) is 0.192. The van der Waals surface area contributed by atoms with Gasteiger partial charge in [0.2, 0.25) is 11.9 Å². The topological polar surface area (TPSA) is 134 Å². The van der Waals surface area contributed by atoms with Crippen LogP contribution in [-0.2, 0) is 15.1 Å². The summed E-state index contributed by atoms with van der Waals surface area (Å²) in [4.78, 5) is 29.8. The fourth-order valence-electron chi connectivity index (χ4n) is 4.04. The van der Waals surface area contributed by atoms with Crippen LogP contribution in [-0.4, -0.2) is 57.3 Å². The van der Waals surface area contributed by atoms with Crippen molar-refractivity contribution in [3.05, 3.63) is 79.4 Å². The maximum absolute atomic E-state index is 11.7. The van der Waals surface area contributed by atoms with E-state index in [1.807, 2.05) is 30.3 Å². The molecule has 3 aromatic heterocycles. The first kappa shape index (κ1) is 23.5. The molecule has 0 radical (unpaired) electrons. The number of hydrogen-bond acceptors (Lipinski definition) is 9. The minimum absolute atomic E-state index is 0.164. The standard InChI is InChI=1S/C26H25N7O3/c1-2-23(35)31-18-8-9-28-21(12-18)20-5-3-4-17-13-30-25(33-24(17)20)32-19-6-7-22(29-14-19)26(16-34)15-27-10-11-36-26/h2-9,12-14,27,34H,1,10-11,15-16H2,(H,28,31,35)(H,30,32,33)/t26-/m0/s1. The largest absolute Gasteiger partial charge is 0.393 e. The fourth-order valence-corrected chi connectivity index (χ4v) is 4.04. The molecule has 1 fully saturated rings. The van der Waals surface area contributed by atoms with E-state index in [0.717, 1.165) is 17.5 Å². The van der Waals surface area contributed by atoms with Crippen LogP contribution >= 0.6 is 0 Å². The van der Waals surface area contributed by atoms with E-state index in [1.165, 1.54) is 6.08 Å². The average Bonchev–Trinajstić information content (AvgIpc) is 2.93. The first-order valence-electron chi connectivity index (χ1n) is 11.4. The molecule has 10 nitrogen and oxygen atoms in total. The Balaban J connectivity index is 1.42. The van der Waals surface area contributed by atoms with E-state index in [2.05, 4.69) is 37.5 Å². The molecule has 5 rings (SSSR count). The lowest BCUT2D eigenvalue weighted by molar-refractivity contribution is -0.111. The number of amides is 1. The van der Waals surface area contributed by atoms with Gasteiger partial charge in [-0.05, 0) is 30.3 Å². The van der Waals surface area contributed by atoms with Gasteiger partial charge < -0.3 is 25.8 Å². The minimum Gasteiger partial charge on any atom is -0.393 e. The molecule has 0 saturated carbocycles. The molecule has 1 saturated heterocycles. The van der Waals surface area contributed by atoms with E-state index in [4.69, 9.17) is 9.72 Å². The summed E-state index contributed by atoms with van der Waals surface area (Å²) in [7, 11) is 0. The summed E-state index contributed by atoms with van der Waals surface area (Å²) >= 11 is 0. The van der Waals surface area contributed by atoms with E-state index in [9.17, 15) is 9.90 Å². The van der Waals surface area contributed by atoms with Crippen LogP contribution in [0.1, 0.15) is 5.69 Å². The maximum Gasteiger partial charge on any atom is 0.247 e. The summed E-state index contributed by atoms with van der Waals surface area (Å²) in [5, 5.41) is 19.9. The SMILES string of the molecule is C=CC(=O)Nc1ccnc(-c2cccc3cnc(Nc4ccc([C@@]5(CO)CNCCO5)nc4)nc23)c1. The van der Waals surface area contributed by atoms with E-state index < -0.39 is 5.60 Å². The van der Waals surface area contributed by atoms with Gasteiger partial charge in [0.1, 0.15) is 5.60 Å². The maximum atomic E-state index is 11.7. The van der Waals surface area contributed by atoms with Crippen LogP contribution in [0.3, 0.4) is 0 Å². The van der Waals surface area contributed by atoms with E-state index in [-0.39, 0.29) is 12.5 Å². The van der Waals surface area contributed by atoms with Crippen LogP contribution in [0.15, 0.2) is 73.7 Å². The number of rotatable bonds is 7. The Morgan fingerprint density at radius 1 is 1.17 bits per heavy atom. The van der Waals surface area contributed by atoms with Gasteiger partial charge in [0.05, 0.1) is 42.0 Å². The van der Waals surface area contributed by atoms with Crippen molar-refractivity contribution < 1.29 is 14.6 Å². The Morgan fingerprint density at radius 2 is 2.08 bits per heavy atom. The zero-order chi connectivity index (χ0) is 25.0. The van der Waals surface area contributed by atoms with Crippen LogP contribution in [0.5, 0.6) is 0 Å². The number of anilines is 3. The molecule has 0 aliphatic carbocycles. The molecule has 1 atom stereocenters. The molecule has 10 heteroatoms. The van der Waals surface area contributed by atoms with Crippen molar-refractivity contribution in [1.29, 1.82) is 0 Å². The Kier molecular flexibility index (Phi) is 6.63. The molecule has 182 valence electrons. The second-order valence-electron chi connectivity index (χ2n) is 8.29. The van der Waals surface area contributed by atoms with Gasteiger partial charge in [-0.25, -0.2) is 9.97 Å². The van der Waals surface area contributed by atoms with Gasteiger partial charge >= 0.3 is 0 Å². The van der Waals surface area contributed by atoms with Crippen molar-refractivity contribution in [2.75, 3.05) is 36.9 Å². The van der Waals surface area contributed by atoms with Crippen LogP contribution in [0.4, 0.5) is 17.3 Å². The van der Waals surface area contributed by atoms with Gasteiger partial charge in [-0.3, -0.25) is 14.8 Å². The molecule has 0 spiro atoms. The molecule has 36 heavy (non-hydrogen) atoms. The lowest BCUT2D eigenvalue weighted by Crippen LogP contribution is -2.50. The lowest BCUT2D eigenvalue weighted by Gasteiger charge is -2.35. The molecule has 4 N–H and O–H groups in total. The number of nitrogens with zero attached hydrogens (tertiary/aromatic N) is 4. The summed E-state index contributed by atoms with van der Waals surface area (Å²) in [5.74, 6) is 0.0998. The van der Waals surface area contributed by atoms with E-state index in [0.29, 0.717) is 47.4 Å². The van der Waals surface area contributed by atoms with Crippen molar-refractivity contribution in [3.8, 4) is 11.3 Å². The molecular weight excluding hydrogens is 458 g/mol. The Bertz CT molecular complexity index is 1400. The molecule has 0 unspecified atom stereocenters. The Hall–Kier alpha value is -4.25. The Morgan fingerprint density at radius 3 is 2.83 bits per heavy atom. The van der Waals surface area contributed by atoms with Crippen molar-refractivity contribution in [2.45, 2.75) is 5.60 Å². The number of aliphatic hydroxyl groups is 1. The number of carbonyl (C=O) groups excluding carboxylic acids is 1. The Labute approximate surface area is 207 Å². The van der Waals surface area contributed by atoms with Crippen LogP contribution in [0.25, 0.3) is 22.2 Å². The monoisotopic (exact) mass is 483 g/mol. The normalized spacial score (nSPS) is 17.5. The summed E-state index contributed by atoms with van der Waals surface area (Å²) in [6, 6.07) is 12.9. The quantitative estimate of drug-likeness (QED) is 0.293. The highest BCUT2D eigenvalue weighted by atomic mass is 16.5. The third kappa shape index (κ3) is 4.78. The van der Waals surface area contributed by atoms with Gasteiger partial charge in [0.25, 0.3) is 0 Å². The molecule has 4 heterocycles. The number of nitrogens with one attached hydrogen (secondary N) is 3. The van der Waals surface area contributed by atoms with Crippen LogP contribution in [0.2, 0.25) is 0 Å². The number of morpholine rings is 1. The minimum atomic E-state index is -0.849. The predicted molar refractivity (Wildman–Crippen MR) is 137 cm³/mol. The number of pyridine rings is 2. The van der Waals surface area contributed by atoms with Gasteiger partial charge in [0.15, 0.2) is 0 Å². The van der Waals surface area contributed by atoms with Gasteiger partial charge in [-0.15, -0.1) is 0 Å². The van der Waals surface area contributed by atoms with Gasteiger partial charge in [0, 0.05) is 42.1 Å².